The number of nitrogens with zero attached hydrogens (tertiary/aromatic N) is 3. The lowest BCUT2D eigenvalue weighted by atomic mass is 10.1. The minimum absolute atomic E-state index is 0.199. The average Bonchev–Trinajstić information content (AvgIpc) is 3.07. The van der Waals surface area contributed by atoms with E-state index in [0.29, 0.717) is 24.5 Å². The molecule has 1 aromatic carbocycles. The molecule has 0 unspecified atom stereocenters. The van der Waals surface area contributed by atoms with Crippen molar-refractivity contribution in [1.82, 2.24) is 25.3 Å². The van der Waals surface area contributed by atoms with Crippen molar-refractivity contribution < 1.29 is 4.79 Å². The number of amides is 1. The lowest BCUT2D eigenvalue weighted by Gasteiger charge is -2.04. The van der Waals surface area contributed by atoms with Crippen LogP contribution in [0.4, 0.5) is 0 Å². The maximum absolute atomic E-state index is 12.1. The Balaban J connectivity index is 1.60. The van der Waals surface area contributed by atoms with E-state index < -0.39 is 0 Å². The van der Waals surface area contributed by atoms with Crippen molar-refractivity contribution in [1.29, 1.82) is 0 Å². The monoisotopic (exact) mass is 309 g/mol. The summed E-state index contributed by atoms with van der Waals surface area (Å²) in [4.78, 5) is 23.6. The van der Waals surface area contributed by atoms with Crippen LogP contribution in [0.3, 0.4) is 0 Å². The number of aromatic nitrogens is 4. The molecule has 3 aromatic rings. The number of benzene rings is 1. The lowest BCUT2D eigenvalue weighted by Crippen LogP contribution is -2.31. The van der Waals surface area contributed by atoms with Crippen LogP contribution in [0.5, 0.6) is 0 Å². The van der Waals surface area contributed by atoms with Gasteiger partial charge in [-0.1, -0.05) is 30.3 Å². The van der Waals surface area contributed by atoms with Gasteiger partial charge in [0.05, 0.1) is 12.2 Å². The number of aromatic amines is 1. The molecule has 23 heavy (non-hydrogen) atoms. The Labute approximate surface area is 132 Å². The first-order chi connectivity index (χ1) is 11.2. The first-order valence-corrected chi connectivity index (χ1v) is 7.15. The molecule has 0 saturated carbocycles. The number of carbonyl (C=O) groups excluding carboxylic acids is 1. The summed E-state index contributed by atoms with van der Waals surface area (Å²) in [5, 5.41) is 13.5. The van der Waals surface area contributed by atoms with E-state index in [1.54, 1.807) is 12.1 Å². The molecule has 0 spiro atoms. The van der Waals surface area contributed by atoms with Gasteiger partial charge in [0.1, 0.15) is 5.69 Å². The van der Waals surface area contributed by atoms with Crippen molar-refractivity contribution in [2.75, 3.05) is 6.54 Å². The maximum Gasteiger partial charge on any atom is 0.269 e. The van der Waals surface area contributed by atoms with Gasteiger partial charge in [-0.25, -0.2) is 4.68 Å². The fourth-order valence-electron chi connectivity index (χ4n) is 2.12. The van der Waals surface area contributed by atoms with Gasteiger partial charge in [0.25, 0.3) is 11.5 Å². The van der Waals surface area contributed by atoms with Crippen LogP contribution in [-0.2, 0) is 6.54 Å². The smallest absolute Gasteiger partial charge is 0.269 e. The number of hydrogen-bond donors (Lipinski definition) is 2. The Morgan fingerprint density at radius 2 is 2.00 bits per heavy atom. The summed E-state index contributed by atoms with van der Waals surface area (Å²) in [6.07, 6.45) is 1.53. The highest BCUT2D eigenvalue weighted by atomic mass is 16.2. The van der Waals surface area contributed by atoms with Gasteiger partial charge in [-0.05, 0) is 12.1 Å². The minimum Gasteiger partial charge on any atom is -0.349 e. The zero-order chi connectivity index (χ0) is 16.1. The van der Waals surface area contributed by atoms with Crippen molar-refractivity contribution in [3.63, 3.8) is 0 Å². The first-order valence-electron chi connectivity index (χ1n) is 7.15. The standard InChI is InChI=1S/C16H15N5O2/c22-15-7-4-8-18-21(15)10-9-17-16(23)14-11-13(19-20-14)12-5-2-1-3-6-12/h1-8,11H,9-10H2,(H,17,23)(H,19,20). The zero-order valence-electron chi connectivity index (χ0n) is 12.3. The van der Waals surface area contributed by atoms with Gasteiger partial charge < -0.3 is 5.32 Å². The Morgan fingerprint density at radius 3 is 2.78 bits per heavy atom. The third-order valence-corrected chi connectivity index (χ3v) is 3.29. The van der Waals surface area contributed by atoms with E-state index in [0.717, 1.165) is 5.56 Å². The lowest BCUT2D eigenvalue weighted by molar-refractivity contribution is 0.0946. The molecule has 116 valence electrons. The van der Waals surface area contributed by atoms with Crippen LogP contribution in [0.25, 0.3) is 11.3 Å². The highest BCUT2D eigenvalue weighted by Gasteiger charge is 2.10. The van der Waals surface area contributed by atoms with Gasteiger partial charge in [0, 0.05) is 24.4 Å². The summed E-state index contributed by atoms with van der Waals surface area (Å²) in [5.41, 5.74) is 1.81. The molecule has 0 aliphatic carbocycles. The predicted molar refractivity (Wildman–Crippen MR) is 84.9 cm³/mol. The number of rotatable bonds is 5. The van der Waals surface area contributed by atoms with Gasteiger partial charge in [-0.15, -0.1) is 0 Å². The van der Waals surface area contributed by atoms with Crippen LogP contribution in [0.1, 0.15) is 10.5 Å². The van der Waals surface area contributed by atoms with Gasteiger partial charge in [-0.2, -0.15) is 10.2 Å². The number of nitrogens with one attached hydrogen (secondary N) is 2. The molecule has 3 rings (SSSR count). The normalized spacial score (nSPS) is 10.4. The van der Waals surface area contributed by atoms with Gasteiger partial charge in [0.2, 0.25) is 0 Å². The predicted octanol–water partition coefficient (Wildman–Crippen LogP) is 1.06. The summed E-state index contributed by atoms with van der Waals surface area (Å²) in [6, 6.07) is 14.3. The van der Waals surface area contributed by atoms with E-state index in [2.05, 4.69) is 20.6 Å². The maximum atomic E-state index is 12.1. The summed E-state index contributed by atoms with van der Waals surface area (Å²) in [7, 11) is 0. The number of carbonyl (C=O) groups is 1. The first kappa shape index (κ1) is 14.7. The van der Waals surface area contributed by atoms with E-state index in [4.69, 9.17) is 0 Å². The molecule has 0 fully saturated rings. The highest BCUT2D eigenvalue weighted by molar-refractivity contribution is 5.93. The van der Waals surface area contributed by atoms with Crippen molar-refractivity contribution in [3.8, 4) is 11.3 Å². The Kier molecular flexibility index (Phi) is 4.28. The summed E-state index contributed by atoms with van der Waals surface area (Å²) >= 11 is 0. The fraction of sp³-hybridized carbons (Fsp3) is 0.125. The average molecular weight is 309 g/mol. The van der Waals surface area contributed by atoms with E-state index in [-0.39, 0.29) is 11.5 Å². The van der Waals surface area contributed by atoms with Gasteiger partial charge in [-0.3, -0.25) is 14.7 Å². The topological polar surface area (TPSA) is 92.7 Å². The summed E-state index contributed by atoms with van der Waals surface area (Å²) < 4.78 is 1.29. The molecule has 2 aromatic heterocycles. The van der Waals surface area contributed by atoms with E-state index in [1.165, 1.54) is 16.9 Å². The number of H-pyrrole nitrogens is 1. The summed E-state index contributed by atoms with van der Waals surface area (Å²) in [5.74, 6) is -0.274. The molecule has 1 amide bonds. The quantitative estimate of drug-likeness (QED) is 0.737. The molecule has 0 saturated heterocycles. The van der Waals surface area contributed by atoms with Crippen LogP contribution in [-0.4, -0.2) is 32.4 Å². The van der Waals surface area contributed by atoms with Crippen LogP contribution < -0.4 is 10.9 Å². The third kappa shape index (κ3) is 3.52. The van der Waals surface area contributed by atoms with Crippen molar-refractivity contribution >= 4 is 5.91 Å². The van der Waals surface area contributed by atoms with E-state index >= 15 is 0 Å². The van der Waals surface area contributed by atoms with Crippen LogP contribution in [0, 0.1) is 0 Å². The molecule has 2 heterocycles. The van der Waals surface area contributed by atoms with Crippen molar-refractivity contribution in [3.05, 3.63) is 70.8 Å². The van der Waals surface area contributed by atoms with Crippen LogP contribution in [0.15, 0.2) is 59.5 Å². The van der Waals surface area contributed by atoms with Crippen LogP contribution >= 0.6 is 0 Å². The second kappa shape index (κ2) is 6.69. The van der Waals surface area contributed by atoms with Crippen molar-refractivity contribution in [2.24, 2.45) is 0 Å². The van der Waals surface area contributed by atoms with Crippen molar-refractivity contribution in [2.45, 2.75) is 6.54 Å². The molecule has 7 nitrogen and oxygen atoms in total. The SMILES string of the molecule is O=C(NCCn1ncccc1=O)c1cc(-c2ccccc2)n[nH]1. The number of hydrogen-bond acceptors (Lipinski definition) is 4. The zero-order valence-corrected chi connectivity index (χ0v) is 12.3. The highest BCUT2D eigenvalue weighted by Crippen LogP contribution is 2.16. The van der Waals surface area contributed by atoms with E-state index in [9.17, 15) is 9.59 Å². The van der Waals surface area contributed by atoms with Gasteiger partial charge >= 0.3 is 0 Å². The molecule has 0 bridgehead atoms. The van der Waals surface area contributed by atoms with E-state index in [1.807, 2.05) is 30.3 Å². The molecular formula is C16H15N5O2. The minimum atomic E-state index is -0.274. The Bertz CT molecular complexity index is 854. The molecule has 0 atom stereocenters. The second-order valence-electron chi connectivity index (χ2n) is 4.87. The van der Waals surface area contributed by atoms with Crippen LogP contribution in [0.2, 0.25) is 0 Å². The molecular weight excluding hydrogens is 294 g/mol. The molecule has 0 radical (unpaired) electrons. The Morgan fingerprint density at radius 1 is 1.17 bits per heavy atom. The van der Waals surface area contributed by atoms with Gasteiger partial charge in [0.15, 0.2) is 0 Å². The molecule has 0 aliphatic heterocycles. The Hall–Kier alpha value is -3.22. The third-order valence-electron chi connectivity index (χ3n) is 3.29. The largest absolute Gasteiger partial charge is 0.349 e. The molecule has 7 heteroatoms. The summed E-state index contributed by atoms with van der Waals surface area (Å²) in [6.45, 7) is 0.612. The molecule has 0 aliphatic rings. The fourth-order valence-corrected chi connectivity index (χ4v) is 2.12. The second-order valence-corrected chi connectivity index (χ2v) is 4.87. The molecule has 2 N–H and O–H groups in total.